The molecule has 2 rings (SSSR count). The maximum atomic E-state index is 12.3. The van der Waals surface area contributed by atoms with Crippen molar-refractivity contribution in [3.63, 3.8) is 0 Å². The van der Waals surface area contributed by atoms with E-state index in [2.05, 4.69) is 4.98 Å². The molecule has 0 aliphatic heterocycles. The molecule has 118 valence electrons. The van der Waals surface area contributed by atoms with Crippen LogP contribution in [0.2, 0.25) is 0 Å². The third kappa shape index (κ3) is 4.09. The van der Waals surface area contributed by atoms with Crippen LogP contribution in [0.1, 0.15) is 16.3 Å². The number of nitrogens with zero attached hydrogens (tertiary/aromatic N) is 3. The second kappa shape index (κ2) is 6.51. The fourth-order valence-electron chi connectivity index (χ4n) is 1.89. The van der Waals surface area contributed by atoms with Crippen molar-refractivity contribution >= 4 is 27.0 Å². The predicted molar refractivity (Wildman–Crippen MR) is 84.0 cm³/mol. The summed E-state index contributed by atoms with van der Waals surface area (Å²) in [5.41, 5.74) is 0.952. The summed E-state index contributed by atoms with van der Waals surface area (Å²) in [4.78, 5) is 14.4. The Balaban J connectivity index is 2.13. The Labute approximate surface area is 132 Å². The largest absolute Gasteiger partial charge is 0.269 e. The zero-order valence-electron chi connectivity index (χ0n) is 12.1. The van der Waals surface area contributed by atoms with E-state index in [1.165, 1.54) is 40.9 Å². The Bertz CT molecular complexity index is 786. The van der Waals surface area contributed by atoms with Crippen molar-refractivity contribution in [1.29, 1.82) is 0 Å². The van der Waals surface area contributed by atoms with Crippen molar-refractivity contribution in [3.05, 3.63) is 56.0 Å². The number of non-ortho nitro benzene ring substituents is 1. The van der Waals surface area contributed by atoms with Crippen molar-refractivity contribution in [2.24, 2.45) is 0 Å². The van der Waals surface area contributed by atoms with Crippen molar-refractivity contribution in [3.8, 4) is 0 Å². The van der Waals surface area contributed by atoms with Gasteiger partial charge in [0.1, 0.15) is 0 Å². The van der Waals surface area contributed by atoms with Gasteiger partial charge in [0.25, 0.3) is 5.69 Å². The van der Waals surface area contributed by atoms with Gasteiger partial charge in [-0.2, -0.15) is 4.31 Å². The van der Waals surface area contributed by atoms with Gasteiger partial charge in [0.2, 0.25) is 10.0 Å². The fraction of sp³-hybridized carbons (Fsp3) is 0.308. The smallest absolute Gasteiger partial charge is 0.258 e. The summed E-state index contributed by atoms with van der Waals surface area (Å²) in [5.74, 6) is -0.283. The van der Waals surface area contributed by atoms with Crippen LogP contribution in [-0.4, -0.2) is 29.7 Å². The van der Waals surface area contributed by atoms with Gasteiger partial charge in [-0.1, -0.05) is 12.1 Å². The zero-order valence-corrected chi connectivity index (χ0v) is 13.7. The highest BCUT2D eigenvalue weighted by molar-refractivity contribution is 7.88. The highest BCUT2D eigenvalue weighted by Gasteiger charge is 2.20. The van der Waals surface area contributed by atoms with Crippen molar-refractivity contribution in [2.45, 2.75) is 19.2 Å². The summed E-state index contributed by atoms with van der Waals surface area (Å²) in [6.45, 7) is 2.04. The number of nitro groups is 1. The van der Waals surface area contributed by atoms with Crippen LogP contribution >= 0.6 is 11.3 Å². The van der Waals surface area contributed by atoms with E-state index >= 15 is 0 Å². The predicted octanol–water partition coefficient (Wildman–Crippen LogP) is 2.32. The number of aryl methyl sites for hydroxylation is 1. The Kier molecular flexibility index (Phi) is 4.89. The maximum absolute atomic E-state index is 12.3. The molecule has 1 aromatic heterocycles. The first-order valence-corrected chi connectivity index (χ1v) is 8.85. The zero-order chi connectivity index (χ0) is 16.3. The van der Waals surface area contributed by atoms with Gasteiger partial charge in [-0.3, -0.25) is 10.1 Å². The fourth-order valence-corrected chi connectivity index (χ4v) is 3.64. The summed E-state index contributed by atoms with van der Waals surface area (Å²) in [6.07, 6.45) is 0. The number of nitro benzene ring substituents is 1. The standard InChI is InChI=1S/C13H15N3O4S2/c1-10-14-12(8-21-10)7-15(2)22(19,20)9-11-4-3-5-13(6-11)16(17)18/h3-6,8H,7,9H2,1-2H3. The molecule has 7 nitrogen and oxygen atoms in total. The Hall–Kier alpha value is -1.84. The van der Waals surface area contributed by atoms with Gasteiger partial charge in [0.05, 0.1) is 27.9 Å². The van der Waals surface area contributed by atoms with E-state index < -0.39 is 14.9 Å². The lowest BCUT2D eigenvalue weighted by Crippen LogP contribution is -2.27. The highest BCUT2D eigenvalue weighted by Crippen LogP contribution is 2.18. The lowest BCUT2D eigenvalue weighted by molar-refractivity contribution is -0.384. The van der Waals surface area contributed by atoms with E-state index in [1.54, 1.807) is 6.07 Å². The monoisotopic (exact) mass is 341 g/mol. The molecule has 0 N–H and O–H groups in total. The summed E-state index contributed by atoms with van der Waals surface area (Å²) in [7, 11) is -2.10. The molecule has 0 unspecified atom stereocenters. The number of sulfonamides is 1. The third-order valence-electron chi connectivity index (χ3n) is 3.00. The molecule has 2 aromatic rings. The van der Waals surface area contributed by atoms with Gasteiger partial charge in [-0.05, 0) is 12.5 Å². The third-order valence-corrected chi connectivity index (χ3v) is 5.60. The normalized spacial score (nSPS) is 11.8. The SMILES string of the molecule is Cc1nc(CN(C)S(=O)(=O)Cc2cccc([N+](=O)[O-])c2)cs1. The van der Waals surface area contributed by atoms with Crippen LogP contribution < -0.4 is 0 Å². The van der Waals surface area contributed by atoms with Gasteiger partial charge in [0.15, 0.2) is 0 Å². The average Bonchev–Trinajstić information content (AvgIpc) is 2.83. The summed E-state index contributed by atoms with van der Waals surface area (Å²) < 4.78 is 25.9. The van der Waals surface area contributed by atoms with Crippen LogP contribution in [-0.2, 0) is 22.3 Å². The van der Waals surface area contributed by atoms with Crippen molar-refractivity contribution in [2.75, 3.05) is 7.05 Å². The summed E-state index contributed by atoms with van der Waals surface area (Å²) in [5, 5.41) is 13.4. The van der Waals surface area contributed by atoms with Crippen molar-refractivity contribution in [1.82, 2.24) is 9.29 Å². The van der Waals surface area contributed by atoms with Crippen LogP contribution in [0.15, 0.2) is 29.6 Å². The molecule has 1 heterocycles. The number of aromatic nitrogens is 1. The molecule has 0 radical (unpaired) electrons. The van der Waals surface area contributed by atoms with Gasteiger partial charge in [-0.25, -0.2) is 13.4 Å². The molecule has 0 saturated heterocycles. The molecule has 0 saturated carbocycles. The summed E-state index contributed by atoms with van der Waals surface area (Å²) in [6, 6.07) is 5.65. The second-order valence-corrected chi connectivity index (χ2v) is 7.94. The van der Waals surface area contributed by atoms with Gasteiger partial charge < -0.3 is 0 Å². The first-order chi connectivity index (χ1) is 10.3. The number of hydrogen-bond acceptors (Lipinski definition) is 6. The van der Waals surface area contributed by atoms with Crippen LogP contribution in [0.3, 0.4) is 0 Å². The first kappa shape index (κ1) is 16.5. The quantitative estimate of drug-likeness (QED) is 0.594. The van der Waals surface area contributed by atoms with Crippen LogP contribution in [0, 0.1) is 17.0 Å². The molecular weight excluding hydrogens is 326 g/mol. The van der Waals surface area contributed by atoms with Crippen molar-refractivity contribution < 1.29 is 13.3 Å². The molecule has 0 aliphatic carbocycles. The summed E-state index contributed by atoms with van der Waals surface area (Å²) >= 11 is 1.46. The number of benzene rings is 1. The minimum atomic E-state index is -3.57. The molecule has 1 aromatic carbocycles. The van der Waals surface area contributed by atoms with Crippen LogP contribution in [0.5, 0.6) is 0 Å². The van der Waals surface area contributed by atoms with E-state index in [9.17, 15) is 18.5 Å². The first-order valence-electron chi connectivity index (χ1n) is 6.36. The minimum absolute atomic E-state index is 0.120. The minimum Gasteiger partial charge on any atom is -0.258 e. The molecule has 0 atom stereocenters. The molecular formula is C13H15N3O4S2. The molecule has 0 fully saturated rings. The highest BCUT2D eigenvalue weighted by atomic mass is 32.2. The van der Waals surface area contributed by atoms with E-state index in [4.69, 9.17) is 0 Å². The Morgan fingerprint density at radius 3 is 2.73 bits per heavy atom. The van der Waals surface area contributed by atoms with Gasteiger partial charge in [0, 0.05) is 24.6 Å². The number of thiazole rings is 1. The molecule has 0 amide bonds. The average molecular weight is 341 g/mol. The topological polar surface area (TPSA) is 93.4 Å². The number of hydrogen-bond donors (Lipinski definition) is 0. The molecule has 0 spiro atoms. The van der Waals surface area contributed by atoms with Crippen LogP contribution in [0.4, 0.5) is 5.69 Å². The Morgan fingerprint density at radius 1 is 1.41 bits per heavy atom. The van der Waals surface area contributed by atoms with E-state index in [-0.39, 0.29) is 18.0 Å². The van der Waals surface area contributed by atoms with Crippen LogP contribution in [0.25, 0.3) is 0 Å². The van der Waals surface area contributed by atoms with E-state index in [0.29, 0.717) is 11.3 Å². The van der Waals surface area contributed by atoms with Gasteiger partial charge in [-0.15, -0.1) is 11.3 Å². The Morgan fingerprint density at radius 2 is 2.14 bits per heavy atom. The van der Waals surface area contributed by atoms with Gasteiger partial charge >= 0.3 is 0 Å². The van der Waals surface area contributed by atoms with E-state index in [0.717, 1.165) is 5.01 Å². The number of rotatable bonds is 6. The lowest BCUT2D eigenvalue weighted by atomic mass is 10.2. The van der Waals surface area contributed by atoms with E-state index in [1.807, 2.05) is 12.3 Å². The molecule has 0 aliphatic rings. The molecule has 9 heteroatoms. The lowest BCUT2D eigenvalue weighted by Gasteiger charge is -2.16. The second-order valence-electron chi connectivity index (χ2n) is 4.80. The maximum Gasteiger partial charge on any atom is 0.269 e. The molecule has 22 heavy (non-hydrogen) atoms. The molecule has 0 bridgehead atoms.